The fourth-order valence-electron chi connectivity index (χ4n) is 1.69. The molecule has 0 aliphatic carbocycles. The number of ether oxygens (including phenoxy) is 1. The molecule has 1 aromatic carbocycles. The molecule has 1 atom stereocenters. The molecule has 1 heterocycles. The minimum absolute atomic E-state index is 0.0706. The fourth-order valence-corrected chi connectivity index (χ4v) is 2.41. The zero-order valence-electron chi connectivity index (χ0n) is 9.27. The van der Waals surface area contributed by atoms with Crippen molar-refractivity contribution in [1.82, 2.24) is 9.78 Å². The first-order valence-electron chi connectivity index (χ1n) is 5.07. The molecule has 0 aliphatic rings. The number of halogens is 1. The highest BCUT2D eigenvalue weighted by molar-refractivity contribution is 9.10. The van der Waals surface area contributed by atoms with Crippen LogP contribution in [0.2, 0.25) is 0 Å². The predicted octanol–water partition coefficient (Wildman–Crippen LogP) is 2.15. The van der Waals surface area contributed by atoms with Crippen molar-refractivity contribution < 1.29 is 4.74 Å². The maximum absolute atomic E-state index is 5.79. The van der Waals surface area contributed by atoms with E-state index in [9.17, 15) is 0 Å². The van der Waals surface area contributed by atoms with Crippen LogP contribution in [0.3, 0.4) is 0 Å². The van der Waals surface area contributed by atoms with Gasteiger partial charge in [0.2, 0.25) is 0 Å². The average molecular weight is 284 g/mol. The normalized spacial score (nSPS) is 13.0. The van der Waals surface area contributed by atoms with Gasteiger partial charge in [-0.25, -0.2) is 0 Å². The molecule has 0 bridgehead atoms. The predicted molar refractivity (Wildman–Crippen MR) is 67.6 cm³/mol. The van der Waals surface area contributed by atoms with Crippen LogP contribution >= 0.6 is 15.9 Å². The molecule has 0 spiro atoms. The van der Waals surface area contributed by atoms with Crippen LogP contribution in [0.1, 0.15) is 6.92 Å². The topological polar surface area (TPSA) is 53.1 Å². The van der Waals surface area contributed by atoms with E-state index >= 15 is 0 Å². The monoisotopic (exact) mass is 283 g/mol. The van der Waals surface area contributed by atoms with E-state index in [4.69, 9.17) is 10.5 Å². The molecule has 2 rings (SSSR count). The Morgan fingerprint density at radius 3 is 2.94 bits per heavy atom. The molecule has 0 amide bonds. The molecule has 16 heavy (non-hydrogen) atoms. The maximum Gasteiger partial charge on any atom is 0.135 e. The minimum atomic E-state index is 0.0706. The van der Waals surface area contributed by atoms with E-state index in [0.29, 0.717) is 6.54 Å². The first kappa shape index (κ1) is 11.4. The quantitative estimate of drug-likeness (QED) is 0.939. The number of aromatic nitrogens is 2. The van der Waals surface area contributed by atoms with Crippen LogP contribution in [0, 0.1) is 0 Å². The molecule has 4 nitrogen and oxygen atoms in total. The summed E-state index contributed by atoms with van der Waals surface area (Å²) in [6, 6.07) is 3.98. The molecule has 5 heteroatoms. The number of hydrogen-bond donors (Lipinski definition) is 1. The lowest BCUT2D eigenvalue weighted by molar-refractivity contribution is 0.412. The minimum Gasteiger partial charge on any atom is -0.495 e. The largest absolute Gasteiger partial charge is 0.495 e. The highest BCUT2D eigenvalue weighted by atomic mass is 79.9. The van der Waals surface area contributed by atoms with E-state index in [2.05, 4.69) is 21.0 Å². The van der Waals surface area contributed by atoms with Gasteiger partial charge in [0.05, 0.1) is 29.8 Å². The Balaban J connectivity index is 2.59. The third-order valence-electron chi connectivity index (χ3n) is 2.39. The van der Waals surface area contributed by atoms with Crippen LogP contribution in [0.5, 0.6) is 5.75 Å². The summed E-state index contributed by atoms with van der Waals surface area (Å²) in [5.74, 6) is 0.805. The lowest BCUT2D eigenvalue weighted by Crippen LogP contribution is -2.22. The van der Waals surface area contributed by atoms with E-state index in [1.54, 1.807) is 7.11 Å². The molecule has 2 aromatic rings. The number of nitrogens with zero attached hydrogens (tertiary/aromatic N) is 2. The zero-order chi connectivity index (χ0) is 11.7. The van der Waals surface area contributed by atoms with Crippen LogP contribution in [-0.4, -0.2) is 22.9 Å². The Hall–Kier alpha value is -1.07. The van der Waals surface area contributed by atoms with E-state index in [1.807, 2.05) is 29.9 Å². The van der Waals surface area contributed by atoms with Crippen LogP contribution in [0.4, 0.5) is 0 Å². The van der Waals surface area contributed by atoms with Gasteiger partial charge in [-0.3, -0.25) is 4.68 Å². The van der Waals surface area contributed by atoms with E-state index in [0.717, 1.165) is 21.1 Å². The average Bonchev–Trinajstić information content (AvgIpc) is 2.62. The molecule has 2 N–H and O–H groups in total. The molecule has 0 saturated heterocycles. The first-order valence-corrected chi connectivity index (χ1v) is 5.86. The van der Waals surface area contributed by atoms with Crippen molar-refractivity contribution in [2.24, 2.45) is 5.73 Å². The summed E-state index contributed by atoms with van der Waals surface area (Å²) in [6.45, 7) is 2.65. The molecule has 0 aliphatic heterocycles. The Bertz CT molecular complexity index is 507. The van der Waals surface area contributed by atoms with E-state index in [-0.39, 0.29) is 6.04 Å². The van der Waals surface area contributed by atoms with Gasteiger partial charge in [0.25, 0.3) is 0 Å². The molecule has 1 aromatic heterocycles. The summed E-state index contributed by atoms with van der Waals surface area (Å²) in [7, 11) is 1.65. The van der Waals surface area contributed by atoms with Crippen molar-refractivity contribution in [2.45, 2.75) is 19.5 Å². The standard InChI is InChI=1S/C11H14BrN3O/c1-7(13)6-15-11-8(5-14-15)3-4-9(16-2)10(11)12/h3-5,7H,6,13H2,1-2H3/t7-/m0/s1. The van der Waals surface area contributed by atoms with Crippen LogP contribution < -0.4 is 10.5 Å². The Morgan fingerprint density at radius 1 is 1.56 bits per heavy atom. The number of nitrogens with two attached hydrogens (primary N) is 1. The summed E-state index contributed by atoms with van der Waals surface area (Å²) in [5, 5.41) is 5.40. The number of methoxy groups -OCH3 is 1. The summed E-state index contributed by atoms with van der Waals surface area (Å²) in [5.41, 5.74) is 6.81. The molecular weight excluding hydrogens is 270 g/mol. The SMILES string of the molecule is COc1ccc2cnn(C[C@H](C)N)c2c1Br. The van der Waals surface area contributed by atoms with Crippen molar-refractivity contribution in [1.29, 1.82) is 0 Å². The van der Waals surface area contributed by atoms with Gasteiger partial charge in [-0.2, -0.15) is 5.10 Å². The molecule has 0 fully saturated rings. The van der Waals surface area contributed by atoms with Crippen LogP contribution in [-0.2, 0) is 6.54 Å². The van der Waals surface area contributed by atoms with Crippen molar-refractivity contribution in [3.05, 3.63) is 22.8 Å². The molecular formula is C11H14BrN3O. The molecule has 0 radical (unpaired) electrons. The number of fused-ring (bicyclic) bond motifs is 1. The third-order valence-corrected chi connectivity index (χ3v) is 3.15. The Kier molecular flexibility index (Phi) is 3.16. The Morgan fingerprint density at radius 2 is 2.31 bits per heavy atom. The molecule has 0 saturated carbocycles. The van der Waals surface area contributed by atoms with Crippen molar-refractivity contribution in [2.75, 3.05) is 7.11 Å². The highest BCUT2D eigenvalue weighted by Crippen LogP contribution is 2.32. The van der Waals surface area contributed by atoms with Gasteiger partial charge in [0, 0.05) is 11.4 Å². The van der Waals surface area contributed by atoms with E-state index < -0.39 is 0 Å². The third kappa shape index (κ3) is 1.92. The van der Waals surface area contributed by atoms with Gasteiger partial charge < -0.3 is 10.5 Å². The molecule has 0 unspecified atom stereocenters. The van der Waals surface area contributed by atoms with Gasteiger partial charge in [0.1, 0.15) is 5.75 Å². The number of benzene rings is 1. The fraction of sp³-hybridized carbons (Fsp3) is 0.364. The van der Waals surface area contributed by atoms with Gasteiger partial charge in [-0.05, 0) is 35.0 Å². The smallest absolute Gasteiger partial charge is 0.135 e. The van der Waals surface area contributed by atoms with Crippen molar-refractivity contribution in [3.8, 4) is 5.75 Å². The lowest BCUT2D eigenvalue weighted by Gasteiger charge is -2.09. The second kappa shape index (κ2) is 4.43. The maximum atomic E-state index is 5.79. The van der Waals surface area contributed by atoms with Gasteiger partial charge >= 0.3 is 0 Å². The van der Waals surface area contributed by atoms with Crippen molar-refractivity contribution >= 4 is 26.8 Å². The van der Waals surface area contributed by atoms with Crippen LogP contribution in [0.25, 0.3) is 10.9 Å². The Labute approximate surface area is 103 Å². The second-order valence-corrected chi connectivity index (χ2v) is 4.62. The summed E-state index contributed by atoms with van der Waals surface area (Å²) in [6.07, 6.45) is 1.84. The van der Waals surface area contributed by atoms with Crippen LogP contribution in [0.15, 0.2) is 22.8 Å². The van der Waals surface area contributed by atoms with Gasteiger partial charge in [0.15, 0.2) is 0 Å². The second-order valence-electron chi connectivity index (χ2n) is 3.82. The zero-order valence-corrected chi connectivity index (χ0v) is 10.9. The summed E-state index contributed by atoms with van der Waals surface area (Å²) < 4.78 is 8.08. The first-order chi connectivity index (χ1) is 7.63. The highest BCUT2D eigenvalue weighted by Gasteiger charge is 2.11. The number of hydrogen-bond acceptors (Lipinski definition) is 3. The summed E-state index contributed by atoms with van der Waals surface area (Å²) in [4.78, 5) is 0. The van der Waals surface area contributed by atoms with E-state index in [1.165, 1.54) is 0 Å². The van der Waals surface area contributed by atoms with Gasteiger partial charge in [-0.1, -0.05) is 0 Å². The number of rotatable bonds is 3. The van der Waals surface area contributed by atoms with Crippen molar-refractivity contribution in [3.63, 3.8) is 0 Å². The summed E-state index contributed by atoms with van der Waals surface area (Å²) >= 11 is 3.54. The lowest BCUT2D eigenvalue weighted by atomic mass is 10.2. The molecule has 86 valence electrons. The van der Waals surface area contributed by atoms with Gasteiger partial charge in [-0.15, -0.1) is 0 Å².